The molecule has 0 radical (unpaired) electrons. The molecule has 1 aliphatic heterocycles. The van der Waals surface area contributed by atoms with Crippen LogP contribution >= 0.6 is 11.3 Å². The van der Waals surface area contributed by atoms with Crippen LogP contribution in [0.3, 0.4) is 0 Å². The van der Waals surface area contributed by atoms with Crippen LogP contribution in [0.15, 0.2) is 40.4 Å². The van der Waals surface area contributed by atoms with Gasteiger partial charge in [0.2, 0.25) is 5.89 Å². The Morgan fingerprint density at radius 3 is 3.09 bits per heavy atom. The van der Waals surface area contributed by atoms with Gasteiger partial charge in [0.05, 0.1) is 30.8 Å². The van der Waals surface area contributed by atoms with Gasteiger partial charge in [0.15, 0.2) is 5.82 Å². The quantitative estimate of drug-likeness (QED) is 0.739. The van der Waals surface area contributed by atoms with E-state index >= 15 is 0 Å². The number of hydrogen-bond donors (Lipinski definition) is 0. The maximum atomic E-state index is 12.3. The number of nitrogens with zero attached hydrogens (tertiary/aromatic N) is 4. The zero-order valence-electron chi connectivity index (χ0n) is 11.6. The van der Waals surface area contributed by atoms with Crippen LogP contribution in [0.4, 0.5) is 0 Å². The highest BCUT2D eigenvalue weighted by molar-refractivity contribution is 7.09. The van der Waals surface area contributed by atoms with Crippen LogP contribution in [0.5, 0.6) is 0 Å². The van der Waals surface area contributed by atoms with Crippen LogP contribution in [0, 0.1) is 0 Å². The van der Waals surface area contributed by atoms with E-state index in [0.29, 0.717) is 36.8 Å². The van der Waals surface area contributed by atoms with Gasteiger partial charge in [0.25, 0.3) is 5.91 Å². The molecule has 0 aliphatic carbocycles. The minimum atomic E-state index is -0.0345. The lowest BCUT2D eigenvalue weighted by Gasteiger charge is -2.11. The van der Waals surface area contributed by atoms with Crippen molar-refractivity contribution < 1.29 is 9.32 Å². The van der Waals surface area contributed by atoms with Crippen LogP contribution in [0.1, 0.15) is 32.6 Å². The molecule has 4 rings (SSSR count). The monoisotopic (exact) mass is 312 g/mol. The van der Waals surface area contributed by atoms with Gasteiger partial charge in [-0.05, 0) is 23.6 Å². The highest BCUT2D eigenvalue weighted by Crippen LogP contribution is 2.22. The Balaban J connectivity index is 1.47. The van der Waals surface area contributed by atoms with E-state index < -0.39 is 0 Å². The largest absolute Gasteiger partial charge is 0.339 e. The highest BCUT2D eigenvalue weighted by Gasteiger charge is 2.29. The van der Waals surface area contributed by atoms with Gasteiger partial charge >= 0.3 is 0 Å². The zero-order chi connectivity index (χ0) is 14.9. The molecule has 0 bridgehead atoms. The normalized spacial score (nSPS) is 13.6. The molecule has 1 aliphatic rings. The molecule has 0 aromatic carbocycles. The maximum absolute atomic E-state index is 12.3. The molecule has 0 N–H and O–H groups in total. The van der Waals surface area contributed by atoms with E-state index in [1.165, 1.54) is 4.88 Å². The number of amides is 1. The predicted molar refractivity (Wildman–Crippen MR) is 79.2 cm³/mol. The third-order valence-corrected chi connectivity index (χ3v) is 4.37. The Bertz CT molecular complexity index is 813. The summed E-state index contributed by atoms with van der Waals surface area (Å²) >= 11 is 1.65. The highest BCUT2D eigenvalue weighted by atomic mass is 32.1. The summed E-state index contributed by atoms with van der Waals surface area (Å²) in [4.78, 5) is 23.7. The lowest BCUT2D eigenvalue weighted by molar-refractivity contribution is 0.0761. The average molecular weight is 312 g/mol. The first-order chi connectivity index (χ1) is 10.8. The van der Waals surface area contributed by atoms with Gasteiger partial charge < -0.3 is 9.42 Å². The summed E-state index contributed by atoms with van der Waals surface area (Å²) in [6, 6.07) is 7.59. The van der Waals surface area contributed by atoms with Crippen LogP contribution < -0.4 is 0 Å². The van der Waals surface area contributed by atoms with Crippen molar-refractivity contribution >= 4 is 17.2 Å². The third kappa shape index (κ3) is 2.39. The summed E-state index contributed by atoms with van der Waals surface area (Å²) in [6.07, 6.45) is 2.32. The van der Waals surface area contributed by atoms with Crippen LogP contribution in [-0.4, -0.2) is 25.9 Å². The number of pyridine rings is 1. The summed E-state index contributed by atoms with van der Waals surface area (Å²) in [5, 5.41) is 5.98. The summed E-state index contributed by atoms with van der Waals surface area (Å²) < 4.78 is 5.25. The van der Waals surface area contributed by atoms with E-state index in [9.17, 15) is 4.79 Å². The number of fused-ring (bicyclic) bond motifs is 1. The summed E-state index contributed by atoms with van der Waals surface area (Å²) in [5.41, 5.74) is 1.46. The van der Waals surface area contributed by atoms with Crippen molar-refractivity contribution in [3.8, 4) is 0 Å². The molecule has 1 amide bonds. The molecule has 22 heavy (non-hydrogen) atoms. The van der Waals surface area contributed by atoms with Crippen molar-refractivity contribution in [1.29, 1.82) is 0 Å². The van der Waals surface area contributed by atoms with Crippen molar-refractivity contribution in [3.05, 3.63) is 63.7 Å². The molecule has 6 nitrogen and oxygen atoms in total. The molecular weight excluding hydrogens is 300 g/mol. The van der Waals surface area contributed by atoms with E-state index in [2.05, 4.69) is 15.1 Å². The first-order valence-electron chi connectivity index (χ1n) is 6.86. The van der Waals surface area contributed by atoms with Gasteiger partial charge in [-0.15, -0.1) is 11.3 Å². The molecule has 0 fully saturated rings. The Morgan fingerprint density at radius 2 is 2.27 bits per heavy atom. The topological polar surface area (TPSA) is 72.1 Å². The molecule has 0 saturated carbocycles. The first kappa shape index (κ1) is 13.1. The van der Waals surface area contributed by atoms with Crippen molar-refractivity contribution in [2.75, 3.05) is 0 Å². The lowest BCUT2D eigenvalue weighted by Crippen LogP contribution is -2.23. The number of carbonyl (C=O) groups excluding carboxylic acids is 1. The maximum Gasteiger partial charge on any atom is 0.256 e. The van der Waals surface area contributed by atoms with Gasteiger partial charge in [0, 0.05) is 11.1 Å². The van der Waals surface area contributed by atoms with Crippen LogP contribution in [0.2, 0.25) is 0 Å². The number of carbonyl (C=O) groups is 1. The van der Waals surface area contributed by atoms with Crippen LogP contribution in [0.25, 0.3) is 0 Å². The molecule has 4 heterocycles. The van der Waals surface area contributed by atoms with Crippen LogP contribution in [-0.2, 0) is 19.5 Å². The molecule has 3 aromatic rings. The fraction of sp³-hybridized carbons (Fsp3) is 0.200. The van der Waals surface area contributed by atoms with E-state index in [-0.39, 0.29) is 5.91 Å². The van der Waals surface area contributed by atoms with Crippen molar-refractivity contribution in [2.24, 2.45) is 0 Å². The average Bonchev–Trinajstić information content (AvgIpc) is 3.24. The standard InChI is InChI=1S/C15H12N4O2S/c20-15-11-4-1-5-16-12(11)8-19(15)9-13-17-14(21-18-13)7-10-3-2-6-22-10/h1-6H,7-9H2. The number of thiophene rings is 1. The minimum absolute atomic E-state index is 0.0345. The second-order valence-electron chi connectivity index (χ2n) is 5.02. The SMILES string of the molecule is O=C1c2cccnc2CN1Cc1noc(Cc2cccs2)n1. The van der Waals surface area contributed by atoms with E-state index in [4.69, 9.17) is 4.52 Å². The molecule has 0 spiro atoms. The fourth-order valence-corrected chi connectivity index (χ4v) is 3.16. The molecule has 7 heteroatoms. The first-order valence-corrected chi connectivity index (χ1v) is 7.74. The van der Waals surface area contributed by atoms with E-state index in [1.54, 1.807) is 34.6 Å². The molecule has 0 unspecified atom stereocenters. The molecule has 110 valence electrons. The summed E-state index contributed by atoms with van der Waals surface area (Å²) in [5.74, 6) is 1.06. The number of rotatable bonds is 4. The Labute approximate surface area is 130 Å². The van der Waals surface area contributed by atoms with E-state index in [1.807, 2.05) is 17.5 Å². The van der Waals surface area contributed by atoms with Gasteiger partial charge in [-0.3, -0.25) is 9.78 Å². The van der Waals surface area contributed by atoms with Gasteiger partial charge in [0.1, 0.15) is 0 Å². The van der Waals surface area contributed by atoms with Gasteiger partial charge in [-0.2, -0.15) is 4.98 Å². The zero-order valence-corrected chi connectivity index (χ0v) is 12.4. The molecule has 0 saturated heterocycles. The van der Waals surface area contributed by atoms with Crippen molar-refractivity contribution in [1.82, 2.24) is 20.0 Å². The second kappa shape index (κ2) is 5.34. The Morgan fingerprint density at radius 1 is 1.32 bits per heavy atom. The third-order valence-electron chi connectivity index (χ3n) is 3.50. The van der Waals surface area contributed by atoms with Gasteiger partial charge in [-0.1, -0.05) is 11.2 Å². The minimum Gasteiger partial charge on any atom is -0.339 e. The number of aromatic nitrogens is 3. The summed E-state index contributed by atoms with van der Waals surface area (Å²) in [7, 11) is 0. The molecular formula is C15H12N4O2S. The molecule has 3 aromatic heterocycles. The number of hydrogen-bond acceptors (Lipinski definition) is 6. The summed E-state index contributed by atoms with van der Waals surface area (Å²) in [6.45, 7) is 0.826. The van der Waals surface area contributed by atoms with Crippen molar-refractivity contribution in [2.45, 2.75) is 19.5 Å². The Hall–Kier alpha value is -2.54. The predicted octanol–water partition coefficient (Wildman–Crippen LogP) is 2.27. The second-order valence-corrected chi connectivity index (χ2v) is 6.05. The fourth-order valence-electron chi connectivity index (χ4n) is 2.47. The van der Waals surface area contributed by atoms with Gasteiger partial charge in [-0.25, -0.2) is 0 Å². The van der Waals surface area contributed by atoms with E-state index in [0.717, 1.165) is 5.69 Å². The smallest absolute Gasteiger partial charge is 0.256 e. The Kier molecular flexibility index (Phi) is 3.19. The van der Waals surface area contributed by atoms with Crippen molar-refractivity contribution in [3.63, 3.8) is 0 Å². The molecule has 0 atom stereocenters. The lowest BCUT2D eigenvalue weighted by atomic mass is 10.2.